The lowest BCUT2D eigenvalue weighted by molar-refractivity contribution is 0.580. The summed E-state index contributed by atoms with van der Waals surface area (Å²) in [6.45, 7) is 0.287. The van der Waals surface area contributed by atoms with Crippen LogP contribution in [0, 0.1) is 0 Å². The number of sulfonamides is 1. The van der Waals surface area contributed by atoms with Crippen LogP contribution in [0.25, 0.3) is 0 Å². The summed E-state index contributed by atoms with van der Waals surface area (Å²) in [5, 5.41) is -0.193. The summed E-state index contributed by atoms with van der Waals surface area (Å²) in [6, 6.07) is 7.27. The van der Waals surface area contributed by atoms with Gasteiger partial charge in [-0.25, -0.2) is 13.1 Å². The van der Waals surface area contributed by atoms with Gasteiger partial charge in [-0.1, -0.05) is 30.4 Å². The van der Waals surface area contributed by atoms with Gasteiger partial charge in [0, 0.05) is 12.1 Å². The summed E-state index contributed by atoms with van der Waals surface area (Å²) in [5.74, 6) is 0. The van der Waals surface area contributed by atoms with Gasteiger partial charge in [0.15, 0.2) is 0 Å². The molecule has 0 amide bonds. The average molecular weight is 270 g/mol. The maximum Gasteiger partial charge on any atom is 0.214 e. The molecule has 2 rings (SSSR count). The van der Waals surface area contributed by atoms with E-state index in [1.807, 2.05) is 12.1 Å². The van der Waals surface area contributed by atoms with Gasteiger partial charge in [0.2, 0.25) is 10.0 Å². The zero-order valence-corrected chi connectivity index (χ0v) is 10.9. The molecule has 0 unspecified atom stereocenters. The Bertz CT molecular complexity index is 536. The van der Waals surface area contributed by atoms with Crippen LogP contribution in [0.1, 0.15) is 24.0 Å². The maximum atomic E-state index is 11.6. The first-order chi connectivity index (χ1) is 7.99. The molecule has 0 spiro atoms. The van der Waals surface area contributed by atoms with E-state index in [-0.39, 0.29) is 11.8 Å². The minimum Gasteiger partial charge on any atom is -0.389 e. The molecule has 0 saturated heterocycles. The third kappa shape index (κ3) is 3.24. The van der Waals surface area contributed by atoms with E-state index in [9.17, 15) is 8.42 Å². The summed E-state index contributed by atoms with van der Waals surface area (Å²) in [5.41, 5.74) is 7.13. The number of rotatable bonds is 5. The molecule has 17 heavy (non-hydrogen) atoms. The van der Waals surface area contributed by atoms with Gasteiger partial charge in [0.25, 0.3) is 0 Å². The summed E-state index contributed by atoms with van der Waals surface area (Å²) in [4.78, 5) is 0.317. The molecule has 6 heteroatoms. The Hall–Kier alpha value is -0.980. The van der Waals surface area contributed by atoms with Gasteiger partial charge in [-0.15, -0.1) is 0 Å². The smallest absolute Gasteiger partial charge is 0.214 e. The largest absolute Gasteiger partial charge is 0.389 e. The molecule has 0 heterocycles. The van der Waals surface area contributed by atoms with E-state index in [1.54, 1.807) is 12.1 Å². The molecule has 0 radical (unpaired) electrons. The fourth-order valence-electron chi connectivity index (χ4n) is 1.51. The molecule has 1 aliphatic rings. The Balaban J connectivity index is 2.04. The van der Waals surface area contributed by atoms with Crippen molar-refractivity contribution in [3.8, 4) is 0 Å². The second-order valence-corrected chi connectivity index (χ2v) is 6.62. The highest BCUT2D eigenvalue weighted by Gasteiger charge is 2.35. The second-order valence-electron chi connectivity index (χ2n) is 4.13. The fraction of sp³-hybridized carbons (Fsp3) is 0.364. The number of hydrogen-bond donors (Lipinski definition) is 2. The van der Waals surface area contributed by atoms with Crippen molar-refractivity contribution >= 4 is 27.2 Å². The zero-order valence-electron chi connectivity index (χ0n) is 9.22. The Kier molecular flexibility index (Phi) is 3.46. The van der Waals surface area contributed by atoms with Crippen molar-refractivity contribution in [2.24, 2.45) is 5.73 Å². The van der Waals surface area contributed by atoms with Gasteiger partial charge in [-0.05, 0) is 24.5 Å². The minimum atomic E-state index is -3.13. The predicted octanol–water partition coefficient (Wildman–Crippen LogP) is 0.903. The van der Waals surface area contributed by atoms with Crippen LogP contribution in [-0.2, 0) is 16.6 Å². The topological polar surface area (TPSA) is 72.2 Å². The van der Waals surface area contributed by atoms with E-state index in [1.165, 1.54) is 0 Å². The number of nitrogens with one attached hydrogen (secondary N) is 1. The molecule has 4 nitrogen and oxygen atoms in total. The quantitative estimate of drug-likeness (QED) is 0.780. The fourth-order valence-corrected chi connectivity index (χ4v) is 3.00. The van der Waals surface area contributed by atoms with Crippen LogP contribution in [0.15, 0.2) is 24.3 Å². The van der Waals surface area contributed by atoms with Crippen molar-refractivity contribution in [2.75, 3.05) is 0 Å². The molecule has 0 aliphatic heterocycles. The maximum absolute atomic E-state index is 11.6. The van der Waals surface area contributed by atoms with Crippen molar-refractivity contribution in [1.29, 1.82) is 0 Å². The van der Waals surface area contributed by atoms with E-state index < -0.39 is 10.0 Å². The Morgan fingerprint density at radius 3 is 2.76 bits per heavy atom. The zero-order chi connectivity index (χ0) is 12.5. The normalized spacial score (nSPS) is 15.8. The molecule has 92 valence electrons. The molecule has 1 aliphatic carbocycles. The van der Waals surface area contributed by atoms with Gasteiger partial charge >= 0.3 is 0 Å². The van der Waals surface area contributed by atoms with Gasteiger partial charge < -0.3 is 5.73 Å². The molecule has 1 saturated carbocycles. The van der Waals surface area contributed by atoms with Crippen molar-refractivity contribution in [3.05, 3.63) is 35.4 Å². The van der Waals surface area contributed by atoms with Crippen LogP contribution < -0.4 is 10.5 Å². The number of nitrogens with two attached hydrogens (primary N) is 1. The van der Waals surface area contributed by atoms with Crippen molar-refractivity contribution in [1.82, 2.24) is 4.72 Å². The third-order valence-electron chi connectivity index (χ3n) is 2.65. The SMILES string of the molecule is NC(=S)c1cccc(CNS(=O)(=O)C2CC2)c1. The molecule has 0 atom stereocenters. The number of thiocarbonyl (C=S) groups is 1. The van der Waals surface area contributed by atoms with E-state index in [4.69, 9.17) is 18.0 Å². The van der Waals surface area contributed by atoms with Crippen molar-refractivity contribution < 1.29 is 8.42 Å². The molecule has 0 bridgehead atoms. The molecule has 3 N–H and O–H groups in total. The van der Waals surface area contributed by atoms with Crippen LogP contribution in [0.5, 0.6) is 0 Å². The van der Waals surface area contributed by atoms with E-state index in [0.29, 0.717) is 4.99 Å². The van der Waals surface area contributed by atoms with Crippen LogP contribution >= 0.6 is 12.2 Å². The van der Waals surface area contributed by atoms with Gasteiger partial charge in [0.05, 0.1) is 5.25 Å². The highest BCUT2D eigenvalue weighted by Crippen LogP contribution is 2.27. The first kappa shape index (κ1) is 12.5. The molecule has 1 aromatic carbocycles. The van der Waals surface area contributed by atoms with Crippen LogP contribution in [0.3, 0.4) is 0 Å². The Morgan fingerprint density at radius 2 is 2.18 bits per heavy atom. The monoisotopic (exact) mass is 270 g/mol. The number of benzene rings is 1. The van der Waals surface area contributed by atoms with Crippen LogP contribution in [0.2, 0.25) is 0 Å². The molecule has 1 aromatic rings. The first-order valence-electron chi connectivity index (χ1n) is 5.36. The highest BCUT2D eigenvalue weighted by molar-refractivity contribution is 7.90. The van der Waals surface area contributed by atoms with E-state index in [0.717, 1.165) is 24.0 Å². The standard InChI is InChI=1S/C11H14N2O2S2/c12-11(16)9-3-1-2-8(6-9)7-13-17(14,15)10-4-5-10/h1-3,6,10,13H,4-5,7H2,(H2,12,16). The van der Waals surface area contributed by atoms with Crippen LogP contribution in [-0.4, -0.2) is 18.7 Å². The highest BCUT2D eigenvalue weighted by atomic mass is 32.2. The molecule has 0 aromatic heterocycles. The number of hydrogen-bond acceptors (Lipinski definition) is 3. The summed E-state index contributed by atoms with van der Waals surface area (Å²) in [6.07, 6.45) is 1.53. The third-order valence-corrected chi connectivity index (χ3v) is 4.78. The Morgan fingerprint density at radius 1 is 1.47 bits per heavy atom. The predicted molar refractivity (Wildman–Crippen MR) is 71.1 cm³/mol. The summed E-state index contributed by atoms with van der Waals surface area (Å²) >= 11 is 4.87. The van der Waals surface area contributed by atoms with E-state index in [2.05, 4.69) is 4.72 Å². The average Bonchev–Trinajstić information content (AvgIpc) is 3.11. The lowest BCUT2D eigenvalue weighted by atomic mass is 10.1. The molecular formula is C11H14N2O2S2. The summed E-state index contributed by atoms with van der Waals surface area (Å²) in [7, 11) is -3.13. The molecular weight excluding hydrogens is 256 g/mol. The van der Waals surface area contributed by atoms with Gasteiger partial charge in [0.1, 0.15) is 4.99 Å². The molecule has 1 fully saturated rings. The Labute approximate surface area is 106 Å². The lowest BCUT2D eigenvalue weighted by Crippen LogP contribution is -2.26. The van der Waals surface area contributed by atoms with Crippen molar-refractivity contribution in [3.63, 3.8) is 0 Å². The second kappa shape index (κ2) is 4.72. The van der Waals surface area contributed by atoms with Crippen molar-refractivity contribution in [2.45, 2.75) is 24.6 Å². The first-order valence-corrected chi connectivity index (χ1v) is 7.32. The lowest BCUT2D eigenvalue weighted by Gasteiger charge is -2.06. The van der Waals surface area contributed by atoms with E-state index >= 15 is 0 Å². The van der Waals surface area contributed by atoms with Crippen LogP contribution in [0.4, 0.5) is 0 Å². The summed E-state index contributed by atoms with van der Waals surface area (Å²) < 4.78 is 25.8. The van der Waals surface area contributed by atoms with Gasteiger partial charge in [-0.3, -0.25) is 0 Å². The van der Waals surface area contributed by atoms with Gasteiger partial charge in [-0.2, -0.15) is 0 Å². The minimum absolute atomic E-state index is 0.193.